The van der Waals surface area contributed by atoms with Crippen molar-refractivity contribution in [2.45, 2.75) is 37.9 Å². The number of halogens is 4. The van der Waals surface area contributed by atoms with E-state index in [0.717, 1.165) is 10.9 Å². The molecule has 0 bridgehead atoms. The number of methoxy groups -OCH3 is 1. The van der Waals surface area contributed by atoms with Gasteiger partial charge < -0.3 is 10.1 Å². The first kappa shape index (κ1) is 15.5. The molecule has 1 N–H and O–H groups in total. The molecule has 1 aromatic rings. The summed E-state index contributed by atoms with van der Waals surface area (Å²) in [7, 11) is 1.51. The fourth-order valence-corrected chi connectivity index (χ4v) is 3.05. The Balaban J connectivity index is 2.20. The summed E-state index contributed by atoms with van der Waals surface area (Å²) in [5.41, 5.74) is 0.600. The largest absolute Gasteiger partial charge is 0.495 e. The number of nitrogens with one attached hydrogen (secondary N) is 1. The van der Waals surface area contributed by atoms with Gasteiger partial charge in [-0.25, -0.2) is 0 Å². The number of hydrogen-bond donors (Lipinski definition) is 1. The van der Waals surface area contributed by atoms with E-state index < -0.39 is 18.1 Å². The van der Waals surface area contributed by atoms with Crippen LogP contribution in [0.25, 0.3) is 0 Å². The Morgan fingerprint density at radius 2 is 1.95 bits per heavy atom. The lowest BCUT2D eigenvalue weighted by Gasteiger charge is -2.34. The Morgan fingerprint density at radius 3 is 2.60 bits per heavy atom. The molecule has 2 nitrogen and oxygen atoms in total. The summed E-state index contributed by atoms with van der Waals surface area (Å²) in [4.78, 5) is 0. The van der Waals surface area contributed by atoms with E-state index in [2.05, 4.69) is 21.2 Å². The van der Waals surface area contributed by atoms with Crippen molar-refractivity contribution in [2.24, 2.45) is 5.92 Å². The molecule has 112 valence electrons. The first-order chi connectivity index (χ1) is 9.41. The highest BCUT2D eigenvalue weighted by Gasteiger charge is 2.45. The summed E-state index contributed by atoms with van der Waals surface area (Å²) in [6, 6.07) is 4.69. The van der Waals surface area contributed by atoms with Crippen LogP contribution in [0.15, 0.2) is 22.7 Å². The van der Waals surface area contributed by atoms with Crippen molar-refractivity contribution in [1.29, 1.82) is 0 Å². The highest BCUT2D eigenvalue weighted by atomic mass is 79.9. The first-order valence-electron chi connectivity index (χ1n) is 6.58. The second-order valence-electron chi connectivity index (χ2n) is 5.03. The van der Waals surface area contributed by atoms with Gasteiger partial charge in [0.05, 0.1) is 18.7 Å². The molecule has 0 spiro atoms. The molecular formula is C14H17BrF3NO. The van der Waals surface area contributed by atoms with E-state index in [0.29, 0.717) is 24.3 Å². The molecule has 0 radical (unpaired) electrons. The van der Waals surface area contributed by atoms with Gasteiger partial charge in [-0.15, -0.1) is 0 Å². The molecule has 2 rings (SSSR count). The summed E-state index contributed by atoms with van der Waals surface area (Å²) < 4.78 is 45.2. The summed E-state index contributed by atoms with van der Waals surface area (Å²) in [6.07, 6.45) is -1.98. The lowest BCUT2D eigenvalue weighted by atomic mass is 9.84. The van der Waals surface area contributed by atoms with Crippen LogP contribution in [0.5, 0.6) is 5.75 Å². The van der Waals surface area contributed by atoms with Crippen LogP contribution < -0.4 is 10.1 Å². The molecule has 1 fully saturated rings. The number of rotatable bonds is 3. The smallest absolute Gasteiger partial charge is 0.393 e. The minimum Gasteiger partial charge on any atom is -0.495 e. The molecule has 20 heavy (non-hydrogen) atoms. The number of ether oxygens (including phenoxy) is 1. The Labute approximate surface area is 124 Å². The number of hydrogen-bond acceptors (Lipinski definition) is 2. The molecule has 0 heterocycles. The van der Waals surface area contributed by atoms with Crippen LogP contribution in [0.1, 0.15) is 25.7 Å². The van der Waals surface area contributed by atoms with Crippen molar-refractivity contribution < 1.29 is 17.9 Å². The van der Waals surface area contributed by atoms with Crippen molar-refractivity contribution in [2.75, 3.05) is 12.4 Å². The van der Waals surface area contributed by atoms with Crippen molar-refractivity contribution in [3.8, 4) is 5.75 Å². The van der Waals surface area contributed by atoms with Crippen LogP contribution >= 0.6 is 15.9 Å². The summed E-state index contributed by atoms with van der Waals surface area (Å²) in [5, 5.41) is 3.02. The van der Waals surface area contributed by atoms with Gasteiger partial charge >= 0.3 is 6.18 Å². The zero-order valence-electron chi connectivity index (χ0n) is 11.1. The van der Waals surface area contributed by atoms with Crippen LogP contribution in [0.3, 0.4) is 0 Å². The standard InChI is InChI=1S/C14H17BrF3NO/c1-20-13-7-6-9(15)8-12(13)19-11-5-3-2-4-10(11)14(16,17)18/h6-8,10-11,19H,2-5H2,1H3. The van der Waals surface area contributed by atoms with Crippen molar-refractivity contribution >= 4 is 21.6 Å². The van der Waals surface area contributed by atoms with Crippen LogP contribution in [-0.4, -0.2) is 19.3 Å². The molecule has 1 aliphatic carbocycles. The fourth-order valence-electron chi connectivity index (χ4n) is 2.69. The number of alkyl halides is 3. The molecular weight excluding hydrogens is 335 g/mol. The maximum Gasteiger partial charge on any atom is 0.393 e. The highest BCUT2D eigenvalue weighted by molar-refractivity contribution is 9.10. The Morgan fingerprint density at radius 1 is 1.25 bits per heavy atom. The topological polar surface area (TPSA) is 21.3 Å². The molecule has 0 aliphatic heterocycles. The van der Waals surface area contributed by atoms with E-state index >= 15 is 0 Å². The Bertz CT molecular complexity index is 464. The molecule has 1 saturated carbocycles. The minimum atomic E-state index is -4.16. The number of anilines is 1. The molecule has 0 saturated heterocycles. The third-order valence-corrected chi connectivity index (χ3v) is 4.18. The molecule has 2 atom stereocenters. The predicted molar refractivity (Wildman–Crippen MR) is 76.1 cm³/mol. The number of benzene rings is 1. The third-order valence-electron chi connectivity index (χ3n) is 3.69. The van der Waals surface area contributed by atoms with Gasteiger partial charge in [0.2, 0.25) is 0 Å². The van der Waals surface area contributed by atoms with E-state index in [-0.39, 0.29) is 6.42 Å². The molecule has 6 heteroatoms. The minimum absolute atomic E-state index is 0.192. The molecule has 0 amide bonds. The molecule has 1 aliphatic rings. The normalized spacial score (nSPS) is 23.4. The summed E-state index contributed by atoms with van der Waals surface area (Å²) >= 11 is 3.33. The van der Waals surface area contributed by atoms with Gasteiger partial charge in [0, 0.05) is 10.5 Å². The SMILES string of the molecule is COc1ccc(Br)cc1NC1CCCCC1C(F)(F)F. The summed E-state index contributed by atoms with van der Waals surface area (Å²) in [5.74, 6) is -0.736. The Hall–Kier alpha value is -0.910. The Kier molecular flexibility index (Phi) is 4.83. The molecule has 2 unspecified atom stereocenters. The van der Waals surface area contributed by atoms with Crippen molar-refractivity contribution in [3.63, 3.8) is 0 Å². The van der Waals surface area contributed by atoms with Gasteiger partial charge in [0.25, 0.3) is 0 Å². The zero-order chi connectivity index (χ0) is 14.8. The predicted octanol–water partition coefficient (Wildman–Crippen LogP) is 4.99. The van der Waals surface area contributed by atoms with E-state index in [4.69, 9.17) is 4.74 Å². The van der Waals surface area contributed by atoms with Crippen molar-refractivity contribution in [3.05, 3.63) is 22.7 Å². The third kappa shape index (κ3) is 3.59. The van der Waals surface area contributed by atoms with E-state index in [1.807, 2.05) is 0 Å². The van der Waals surface area contributed by atoms with Crippen LogP contribution in [-0.2, 0) is 0 Å². The van der Waals surface area contributed by atoms with Crippen LogP contribution in [0.2, 0.25) is 0 Å². The average Bonchev–Trinajstić information content (AvgIpc) is 2.38. The maximum atomic E-state index is 13.1. The quantitative estimate of drug-likeness (QED) is 0.828. The van der Waals surface area contributed by atoms with Crippen molar-refractivity contribution in [1.82, 2.24) is 0 Å². The molecule has 0 aromatic heterocycles. The summed E-state index contributed by atoms with van der Waals surface area (Å²) in [6.45, 7) is 0. The fraction of sp³-hybridized carbons (Fsp3) is 0.571. The van der Waals surface area contributed by atoms with E-state index in [1.165, 1.54) is 7.11 Å². The van der Waals surface area contributed by atoms with E-state index in [9.17, 15) is 13.2 Å². The van der Waals surface area contributed by atoms with Gasteiger partial charge in [-0.2, -0.15) is 13.2 Å². The molecule has 1 aromatic carbocycles. The average molecular weight is 352 g/mol. The highest BCUT2D eigenvalue weighted by Crippen LogP contribution is 2.40. The maximum absolute atomic E-state index is 13.1. The van der Waals surface area contributed by atoms with Gasteiger partial charge in [0.15, 0.2) is 0 Å². The van der Waals surface area contributed by atoms with Crippen LogP contribution in [0, 0.1) is 5.92 Å². The zero-order valence-corrected chi connectivity index (χ0v) is 12.7. The van der Waals surface area contributed by atoms with E-state index in [1.54, 1.807) is 18.2 Å². The first-order valence-corrected chi connectivity index (χ1v) is 7.38. The second kappa shape index (κ2) is 6.24. The van der Waals surface area contributed by atoms with Gasteiger partial charge in [0.1, 0.15) is 5.75 Å². The van der Waals surface area contributed by atoms with Crippen LogP contribution in [0.4, 0.5) is 18.9 Å². The second-order valence-corrected chi connectivity index (χ2v) is 5.94. The lowest BCUT2D eigenvalue weighted by molar-refractivity contribution is -0.184. The monoisotopic (exact) mass is 351 g/mol. The van der Waals surface area contributed by atoms with Gasteiger partial charge in [-0.05, 0) is 31.0 Å². The lowest BCUT2D eigenvalue weighted by Crippen LogP contribution is -2.41. The van der Waals surface area contributed by atoms with Gasteiger partial charge in [-0.1, -0.05) is 28.8 Å². The van der Waals surface area contributed by atoms with Gasteiger partial charge in [-0.3, -0.25) is 0 Å².